The number of hydrogen-bond acceptors (Lipinski definition) is 2. The minimum absolute atomic E-state index is 0.367. The monoisotopic (exact) mass is 333 g/mol. The van der Waals surface area contributed by atoms with Gasteiger partial charge in [0.1, 0.15) is 12.4 Å². The summed E-state index contributed by atoms with van der Waals surface area (Å²) < 4.78 is 6.81. The number of rotatable bonds is 7. The van der Waals surface area contributed by atoms with Crippen LogP contribution in [-0.4, -0.2) is 13.2 Å². The van der Waals surface area contributed by atoms with Gasteiger partial charge in [0.15, 0.2) is 0 Å². The molecule has 0 amide bonds. The highest BCUT2D eigenvalue weighted by Crippen LogP contribution is 2.20. The van der Waals surface area contributed by atoms with Gasteiger partial charge in [-0.2, -0.15) is 0 Å². The topological polar surface area (TPSA) is 21.3 Å². The van der Waals surface area contributed by atoms with Crippen LogP contribution in [0.3, 0.4) is 0 Å². The molecule has 0 radical (unpaired) electrons. The van der Waals surface area contributed by atoms with E-state index in [0.29, 0.717) is 12.6 Å². The van der Waals surface area contributed by atoms with Crippen LogP contribution in [0.1, 0.15) is 24.9 Å². The lowest BCUT2D eigenvalue weighted by molar-refractivity contribution is 0.304. The molecule has 0 aliphatic rings. The lowest BCUT2D eigenvalue weighted by atomic mass is 10.0. The van der Waals surface area contributed by atoms with Gasteiger partial charge in [-0.25, -0.2) is 0 Å². The van der Waals surface area contributed by atoms with Crippen molar-refractivity contribution >= 4 is 15.9 Å². The zero-order valence-electron chi connectivity index (χ0n) is 11.7. The van der Waals surface area contributed by atoms with Crippen molar-refractivity contribution in [3.8, 4) is 5.75 Å². The summed E-state index contributed by atoms with van der Waals surface area (Å²) in [6.45, 7) is 3.70. The number of benzene rings is 2. The Morgan fingerprint density at radius 3 is 2.60 bits per heavy atom. The van der Waals surface area contributed by atoms with Crippen molar-refractivity contribution in [2.75, 3.05) is 13.2 Å². The largest absolute Gasteiger partial charge is 0.492 e. The molecular weight excluding hydrogens is 314 g/mol. The van der Waals surface area contributed by atoms with Gasteiger partial charge in [-0.15, -0.1) is 0 Å². The molecule has 3 heteroatoms. The molecule has 0 saturated heterocycles. The van der Waals surface area contributed by atoms with Crippen molar-refractivity contribution in [2.45, 2.75) is 19.4 Å². The molecule has 1 unspecified atom stereocenters. The third kappa shape index (κ3) is 4.66. The molecule has 0 aromatic heterocycles. The summed E-state index contributed by atoms with van der Waals surface area (Å²) in [6.07, 6.45) is 1.06. The van der Waals surface area contributed by atoms with Crippen molar-refractivity contribution in [1.29, 1.82) is 0 Å². The van der Waals surface area contributed by atoms with E-state index in [4.69, 9.17) is 4.74 Å². The van der Waals surface area contributed by atoms with Gasteiger partial charge in [-0.3, -0.25) is 0 Å². The maximum absolute atomic E-state index is 5.69. The van der Waals surface area contributed by atoms with Crippen molar-refractivity contribution in [2.24, 2.45) is 0 Å². The molecule has 2 rings (SSSR count). The fourth-order valence-electron chi connectivity index (χ4n) is 2.14. The molecule has 0 spiro atoms. The van der Waals surface area contributed by atoms with Crippen LogP contribution in [0, 0.1) is 0 Å². The maximum Gasteiger partial charge on any atom is 0.119 e. The predicted molar refractivity (Wildman–Crippen MR) is 87.1 cm³/mol. The van der Waals surface area contributed by atoms with Crippen LogP contribution in [0.25, 0.3) is 0 Å². The van der Waals surface area contributed by atoms with E-state index >= 15 is 0 Å². The minimum Gasteiger partial charge on any atom is -0.492 e. The maximum atomic E-state index is 5.69. The molecule has 1 N–H and O–H groups in total. The highest BCUT2D eigenvalue weighted by molar-refractivity contribution is 9.10. The van der Waals surface area contributed by atoms with Gasteiger partial charge in [0.2, 0.25) is 0 Å². The van der Waals surface area contributed by atoms with Crippen molar-refractivity contribution in [1.82, 2.24) is 5.32 Å². The van der Waals surface area contributed by atoms with E-state index in [1.165, 1.54) is 5.56 Å². The fourth-order valence-corrected chi connectivity index (χ4v) is 2.56. The number of ether oxygens (including phenoxy) is 1. The van der Waals surface area contributed by atoms with E-state index in [9.17, 15) is 0 Å². The van der Waals surface area contributed by atoms with Gasteiger partial charge in [0.25, 0.3) is 0 Å². The van der Waals surface area contributed by atoms with Crippen LogP contribution >= 0.6 is 15.9 Å². The first kappa shape index (κ1) is 15.1. The zero-order chi connectivity index (χ0) is 14.2. The Kier molecular flexibility index (Phi) is 6.09. The zero-order valence-corrected chi connectivity index (χ0v) is 13.3. The van der Waals surface area contributed by atoms with Crippen LogP contribution in [0.5, 0.6) is 5.75 Å². The van der Waals surface area contributed by atoms with Gasteiger partial charge >= 0.3 is 0 Å². The minimum atomic E-state index is 0.367. The smallest absolute Gasteiger partial charge is 0.119 e. The second-order valence-corrected chi connectivity index (χ2v) is 5.55. The van der Waals surface area contributed by atoms with E-state index < -0.39 is 0 Å². The second-order valence-electron chi connectivity index (χ2n) is 4.63. The van der Waals surface area contributed by atoms with E-state index in [-0.39, 0.29) is 0 Å². The SMILES string of the molecule is CCC(NCCOc1ccccc1)c1cccc(Br)c1. The van der Waals surface area contributed by atoms with Gasteiger partial charge < -0.3 is 10.1 Å². The highest BCUT2D eigenvalue weighted by Gasteiger charge is 2.08. The van der Waals surface area contributed by atoms with Crippen LogP contribution < -0.4 is 10.1 Å². The Hall–Kier alpha value is -1.32. The van der Waals surface area contributed by atoms with Gasteiger partial charge in [0, 0.05) is 17.1 Å². The van der Waals surface area contributed by atoms with Gasteiger partial charge in [-0.1, -0.05) is 53.2 Å². The van der Waals surface area contributed by atoms with Crippen molar-refractivity contribution in [3.63, 3.8) is 0 Å². The Labute approximate surface area is 129 Å². The first-order chi connectivity index (χ1) is 9.79. The van der Waals surface area contributed by atoms with E-state index in [1.54, 1.807) is 0 Å². The molecule has 1 atom stereocenters. The van der Waals surface area contributed by atoms with Crippen molar-refractivity contribution in [3.05, 3.63) is 64.6 Å². The third-order valence-corrected chi connectivity index (χ3v) is 3.66. The molecule has 0 aliphatic heterocycles. The summed E-state index contributed by atoms with van der Waals surface area (Å²) in [5, 5.41) is 3.54. The van der Waals surface area contributed by atoms with Crippen LogP contribution in [0.15, 0.2) is 59.1 Å². The molecule has 2 aromatic carbocycles. The highest BCUT2D eigenvalue weighted by atomic mass is 79.9. The van der Waals surface area contributed by atoms with Crippen LogP contribution in [0.4, 0.5) is 0 Å². The summed E-state index contributed by atoms with van der Waals surface area (Å²) in [4.78, 5) is 0. The van der Waals surface area contributed by atoms with E-state index in [2.05, 4.69) is 52.4 Å². The summed E-state index contributed by atoms with van der Waals surface area (Å²) in [7, 11) is 0. The molecule has 0 heterocycles. The molecular formula is C17H20BrNO. The molecule has 2 aromatic rings. The van der Waals surface area contributed by atoms with Gasteiger partial charge in [0.05, 0.1) is 0 Å². The van der Waals surface area contributed by atoms with Crippen LogP contribution in [-0.2, 0) is 0 Å². The summed E-state index contributed by atoms with van der Waals surface area (Å²) in [5.41, 5.74) is 1.31. The first-order valence-electron chi connectivity index (χ1n) is 6.96. The van der Waals surface area contributed by atoms with E-state index in [1.807, 2.05) is 30.3 Å². The Bertz CT molecular complexity index is 515. The lowest BCUT2D eigenvalue weighted by Gasteiger charge is -2.18. The lowest BCUT2D eigenvalue weighted by Crippen LogP contribution is -2.25. The number of halogens is 1. The average molecular weight is 334 g/mol. The standard InChI is InChI=1S/C17H20BrNO/c1-2-17(14-7-6-8-15(18)13-14)19-11-12-20-16-9-4-3-5-10-16/h3-10,13,17,19H,2,11-12H2,1H3. The average Bonchev–Trinajstić information content (AvgIpc) is 2.48. The molecule has 2 nitrogen and oxygen atoms in total. The predicted octanol–water partition coefficient (Wildman–Crippen LogP) is 4.57. The summed E-state index contributed by atoms with van der Waals surface area (Å²) in [5.74, 6) is 0.921. The van der Waals surface area contributed by atoms with Crippen molar-refractivity contribution < 1.29 is 4.74 Å². The molecule has 106 valence electrons. The molecule has 0 saturated carbocycles. The van der Waals surface area contributed by atoms with Gasteiger partial charge in [-0.05, 0) is 36.2 Å². The number of hydrogen-bond donors (Lipinski definition) is 1. The number of para-hydroxylation sites is 1. The number of nitrogens with one attached hydrogen (secondary N) is 1. The molecule has 0 fully saturated rings. The van der Waals surface area contributed by atoms with Crippen LogP contribution in [0.2, 0.25) is 0 Å². The van der Waals surface area contributed by atoms with E-state index in [0.717, 1.165) is 23.2 Å². The Balaban J connectivity index is 1.80. The fraction of sp³-hybridized carbons (Fsp3) is 0.294. The molecule has 20 heavy (non-hydrogen) atoms. The third-order valence-electron chi connectivity index (χ3n) is 3.16. The molecule has 0 bridgehead atoms. The summed E-state index contributed by atoms with van der Waals surface area (Å²) >= 11 is 3.52. The molecule has 0 aliphatic carbocycles. The Morgan fingerprint density at radius 2 is 1.90 bits per heavy atom. The second kappa shape index (κ2) is 8.08. The summed E-state index contributed by atoms with van der Waals surface area (Å²) in [6, 6.07) is 18.7. The first-order valence-corrected chi connectivity index (χ1v) is 7.75. The Morgan fingerprint density at radius 1 is 1.10 bits per heavy atom. The normalized spacial score (nSPS) is 12.1. The quantitative estimate of drug-likeness (QED) is 0.749.